The summed E-state index contributed by atoms with van der Waals surface area (Å²) < 4.78 is 5.81. The second-order valence-corrected chi connectivity index (χ2v) is 6.36. The zero-order chi connectivity index (χ0) is 16.4. The number of nitrogens with zero attached hydrogens (tertiary/aromatic N) is 2. The highest BCUT2D eigenvalue weighted by Gasteiger charge is 2.34. The van der Waals surface area contributed by atoms with Gasteiger partial charge >= 0.3 is 0 Å². The summed E-state index contributed by atoms with van der Waals surface area (Å²) in [6.45, 7) is 2.77. The number of amides is 1. The van der Waals surface area contributed by atoms with Gasteiger partial charge in [-0.2, -0.15) is 0 Å². The monoisotopic (exact) mass is 359 g/mol. The number of piperazine rings is 1. The average Bonchev–Trinajstić information content (AvgIpc) is 2.68. The Morgan fingerprint density at radius 2 is 2.12 bits per heavy atom. The maximum Gasteiger partial charge on any atom is 0.230 e. The predicted octanol–water partition coefficient (Wildman–Crippen LogP) is 2.23. The molecule has 2 aliphatic rings. The van der Waals surface area contributed by atoms with Gasteiger partial charge in [0.1, 0.15) is 12.4 Å². The largest absolute Gasteiger partial charge is 0.492 e. The number of carbonyl (C=O) groups is 1. The molecular weight excluding hydrogens is 338 g/mol. The molecule has 2 aliphatic heterocycles. The Kier molecular flexibility index (Phi) is 5.56. The van der Waals surface area contributed by atoms with E-state index in [1.807, 2.05) is 47.5 Å². The summed E-state index contributed by atoms with van der Waals surface area (Å²) in [4.78, 5) is 19.3. The number of hydrogen-bond donors (Lipinski definition) is 1. The summed E-state index contributed by atoms with van der Waals surface area (Å²) in [5, 5.41) is 3.38. The van der Waals surface area contributed by atoms with Crippen LogP contribution in [0.5, 0.6) is 5.75 Å². The number of nitrogens with one attached hydrogen (secondary N) is 1. The number of halogens is 1. The molecule has 0 bridgehead atoms. The SMILES string of the molecule is Cl.O=C(C1COc2ccccc2C1)N1CCNCC1c1cccnc1. The zero-order valence-corrected chi connectivity index (χ0v) is 14.7. The lowest BCUT2D eigenvalue weighted by Crippen LogP contribution is -2.51. The first kappa shape index (κ1) is 17.7. The smallest absolute Gasteiger partial charge is 0.230 e. The third-order valence-corrected chi connectivity index (χ3v) is 4.82. The Morgan fingerprint density at radius 1 is 1.24 bits per heavy atom. The van der Waals surface area contributed by atoms with Gasteiger partial charge in [-0.25, -0.2) is 0 Å². The molecule has 2 atom stereocenters. The molecule has 1 aromatic carbocycles. The summed E-state index contributed by atoms with van der Waals surface area (Å²) >= 11 is 0. The minimum atomic E-state index is -0.114. The topological polar surface area (TPSA) is 54.5 Å². The number of para-hydroxylation sites is 1. The average molecular weight is 360 g/mol. The van der Waals surface area contributed by atoms with E-state index in [-0.39, 0.29) is 30.3 Å². The molecule has 25 heavy (non-hydrogen) atoms. The molecule has 0 radical (unpaired) electrons. The van der Waals surface area contributed by atoms with Crippen LogP contribution in [0.15, 0.2) is 48.8 Å². The molecule has 2 aromatic rings. The lowest BCUT2D eigenvalue weighted by atomic mass is 9.94. The minimum absolute atomic E-state index is 0. The number of ether oxygens (including phenoxy) is 1. The van der Waals surface area contributed by atoms with Gasteiger partial charge in [-0.3, -0.25) is 9.78 Å². The lowest BCUT2D eigenvalue weighted by Gasteiger charge is -2.39. The summed E-state index contributed by atoms with van der Waals surface area (Å²) in [6.07, 6.45) is 4.36. The van der Waals surface area contributed by atoms with Gasteiger partial charge in [0.2, 0.25) is 5.91 Å². The van der Waals surface area contributed by atoms with Crippen molar-refractivity contribution in [3.63, 3.8) is 0 Å². The first-order valence-electron chi connectivity index (χ1n) is 8.45. The standard InChI is InChI=1S/C19H21N3O2.ClH/c23-19(16-10-14-4-1-2-6-18(14)24-13-16)22-9-8-21-12-17(22)15-5-3-7-20-11-15;/h1-7,11,16-17,21H,8-10,12-13H2;1H. The number of carbonyl (C=O) groups excluding carboxylic acids is 1. The van der Waals surface area contributed by atoms with E-state index in [1.165, 1.54) is 0 Å². The molecule has 0 saturated carbocycles. The summed E-state index contributed by atoms with van der Waals surface area (Å²) in [5.41, 5.74) is 2.20. The van der Waals surface area contributed by atoms with Gasteiger partial charge in [0.05, 0.1) is 12.0 Å². The number of benzene rings is 1. The van der Waals surface area contributed by atoms with Crippen LogP contribution in [0.4, 0.5) is 0 Å². The molecule has 1 amide bonds. The Morgan fingerprint density at radius 3 is 2.96 bits per heavy atom. The van der Waals surface area contributed by atoms with Crippen LogP contribution >= 0.6 is 12.4 Å². The van der Waals surface area contributed by atoms with Crippen LogP contribution in [0.2, 0.25) is 0 Å². The molecule has 132 valence electrons. The van der Waals surface area contributed by atoms with Gasteiger partial charge < -0.3 is 15.0 Å². The molecule has 5 nitrogen and oxygen atoms in total. The number of hydrogen-bond acceptors (Lipinski definition) is 4. The van der Waals surface area contributed by atoms with E-state index in [4.69, 9.17) is 4.74 Å². The highest BCUT2D eigenvalue weighted by molar-refractivity contribution is 5.85. The van der Waals surface area contributed by atoms with Crippen molar-refractivity contribution in [3.8, 4) is 5.75 Å². The van der Waals surface area contributed by atoms with Gasteiger partial charge in [-0.15, -0.1) is 12.4 Å². The van der Waals surface area contributed by atoms with E-state index in [0.717, 1.165) is 42.9 Å². The Hall–Kier alpha value is -2.11. The van der Waals surface area contributed by atoms with Crippen molar-refractivity contribution >= 4 is 18.3 Å². The molecule has 3 heterocycles. The van der Waals surface area contributed by atoms with E-state index in [0.29, 0.717) is 6.61 Å². The molecular formula is C19H22ClN3O2. The van der Waals surface area contributed by atoms with Crippen LogP contribution in [-0.2, 0) is 11.2 Å². The van der Waals surface area contributed by atoms with Gasteiger partial charge in [0.15, 0.2) is 0 Å². The van der Waals surface area contributed by atoms with E-state index in [2.05, 4.69) is 10.3 Å². The molecule has 0 aliphatic carbocycles. The van der Waals surface area contributed by atoms with Gasteiger partial charge in [0, 0.05) is 32.0 Å². The van der Waals surface area contributed by atoms with Crippen LogP contribution < -0.4 is 10.1 Å². The van der Waals surface area contributed by atoms with Crippen molar-refractivity contribution in [1.82, 2.24) is 15.2 Å². The maximum atomic E-state index is 13.1. The van der Waals surface area contributed by atoms with E-state index in [9.17, 15) is 4.79 Å². The fraction of sp³-hybridized carbons (Fsp3) is 0.368. The van der Waals surface area contributed by atoms with Crippen LogP contribution in [0.3, 0.4) is 0 Å². The van der Waals surface area contributed by atoms with Crippen LogP contribution in [0.1, 0.15) is 17.2 Å². The van der Waals surface area contributed by atoms with E-state index in [1.54, 1.807) is 6.20 Å². The molecule has 1 N–H and O–H groups in total. The van der Waals surface area contributed by atoms with Crippen molar-refractivity contribution in [2.75, 3.05) is 26.2 Å². The minimum Gasteiger partial charge on any atom is -0.492 e. The molecule has 4 rings (SSSR count). The first-order chi connectivity index (χ1) is 11.8. The second-order valence-electron chi connectivity index (χ2n) is 6.36. The Labute approximate surface area is 153 Å². The van der Waals surface area contributed by atoms with Crippen LogP contribution in [0.25, 0.3) is 0 Å². The molecule has 0 spiro atoms. The van der Waals surface area contributed by atoms with E-state index >= 15 is 0 Å². The maximum absolute atomic E-state index is 13.1. The number of rotatable bonds is 2. The fourth-order valence-electron chi connectivity index (χ4n) is 3.56. The first-order valence-corrected chi connectivity index (χ1v) is 8.45. The van der Waals surface area contributed by atoms with Crippen molar-refractivity contribution in [2.24, 2.45) is 5.92 Å². The number of pyridine rings is 1. The fourth-order valence-corrected chi connectivity index (χ4v) is 3.56. The Balaban J connectivity index is 0.00000182. The van der Waals surface area contributed by atoms with Crippen LogP contribution in [0, 0.1) is 5.92 Å². The molecule has 6 heteroatoms. The third kappa shape index (κ3) is 3.62. The zero-order valence-electron chi connectivity index (χ0n) is 13.9. The van der Waals surface area contributed by atoms with Crippen LogP contribution in [-0.4, -0.2) is 42.0 Å². The van der Waals surface area contributed by atoms with Gasteiger partial charge in [0.25, 0.3) is 0 Å². The summed E-state index contributed by atoms with van der Waals surface area (Å²) in [5.74, 6) is 0.975. The third-order valence-electron chi connectivity index (χ3n) is 4.82. The molecule has 1 aromatic heterocycles. The molecule has 2 unspecified atom stereocenters. The number of fused-ring (bicyclic) bond motifs is 1. The van der Waals surface area contributed by atoms with E-state index < -0.39 is 0 Å². The highest BCUT2D eigenvalue weighted by Crippen LogP contribution is 2.30. The summed E-state index contributed by atoms with van der Waals surface area (Å²) in [7, 11) is 0. The second kappa shape index (κ2) is 7.85. The van der Waals surface area contributed by atoms with Crippen molar-refractivity contribution in [3.05, 3.63) is 59.9 Å². The highest BCUT2D eigenvalue weighted by atomic mass is 35.5. The Bertz CT molecular complexity index is 726. The molecule has 1 saturated heterocycles. The van der Waals surface area contributed by atoms with Crippen molar-refractivity contribution in [1.29, 1.82) is 0 Å². The van der Waals surface area contributed by atoms with Crippen molar-refractivity contribution < 1.29 is 9.53 Å². The van der Waals surface area contributed by atoms with Crippen molar-refractivity contribution in [2.45, 2.75) is 12.5 Å². The number of aromatic nitrogens is 1. The normalized spacial score (nSPS) is 22.3. The van der Waals surface area contributed by atoms with Gasteiger partial charge in [-0.05, 0) is 29.7 Å². The van der Waals surface area contributed by atoms with Gasteiger partial charge in [-0.1, -0.05) is 24.3 Å². The lowest BCUT2D eigenvalue weighted by molar-refractivity contribution is -0.140. The summed E-state index contributed by atoms with van der Waals surface area (Å²) in [6, 6.07) is 12.0. The molecule has 1 fully saturated rings. The quantitative estimate of drug-likeness (QED) is 0.893. The predicted molar refractivity (Wildman–Crippen MR) is 97.9 cm³/mol.